The molecular formula is C12H26N2O3. The van der Waals surface area contributed by atoms with Crippen LogP contribution in [0.15, 0.2) is 0 Å². The van der Waals surface area contributed by atoms with Crippen molar-refractivity contribution >= 4 is 5.91 Å². The van der Waals surface area contributed by atoms with Crippen LogP contribution in [0.5, 0.6) is 0 Å². The third kappa shape index (κ3) is 8.12. The van der Waals surface area contributed by atoms with Gasteiger partial charge in [0.05, 0.1) is 6.61 Å². The highest BCUT2D eigenvalue weighted by atomic mass is 16.5. The Labute approximate surface area is 104 Å². The molecule has 1 atom stereocenters. The van der Waals surface area contributed by atoms with Gasteiger partial charge in [-0.05, 0) is 18.9 Å². The molecule has 0 rings (SSSR count). The molecule has 0 bridgehead atoms. The molecule has 0 aliphatic heterocycles. The Balaban J connectivity index is 4.10. The maximum Gasteiger partial charge on any atom is 0.223 e. The van der Waals surface area contributed by atoms with E-state index in [-0.39, 0.29) is 11.8 Å². The Hall–Kier alpha value is -0.650. The number of carbonyl (C=O) groups excluding carboxylic acids is 1. The van der Waals surface area contributed by atoms with Crippen molar-refractivity contribution in [2.45, 2.75) is 19.8 Å². The number of hydrogen-bond acceptors (Lipinski definition) is 4. The molecule has 0 aliphatic carbocycles. The number of hydrogen-bond donors (Lipinski definition) is 1. The van der Waals surface area contributed by atoms with E-state index in [9.17, 15) is 4.79 Å². The molecule has 0 aromatic rings. The van der Waals surface area contributed by atoms with E-state index >= 15 is 0 Å². The smallest absolute Gasteiger partial charge is 0.223 e. The maximum atomic E-state index is 12.0. The van der Waals surface area contributed by atoms with Crippen LogP contribution in [0.3, 0.4) is 0 Å². The average molecular weight is 246 g/mol. The Morgan fingerprint density at radius 3 is 2.53 bits per heavy atom. The third-order valence-corrected chi connectivity index (χ3v) is 2.52. The summed E-state index contributed by atoms with van der Waals surface area (Å²) in [5, 5.41) is 0. The van der Waals surface area contributed by atoms with Gasteiger partial charge in [0, 0.05) is 40.3 Å². The first-order valence-corrected chi connectivity index (χ1v) is 6.11. The zero-order chi connectivity index (χ0) is 13.1. The van der Waals surface area contributed by atoms with Crippen molar-refractivity contribution in [1.82, 2.24) is 4.90 Å². The first-order chi connectivity index (χ1) is 8.15. The van der Waals surface area contributed by atoms with Crippen molar-refractivity contribution in [2.75, 3.05) is 47.1 Å². The van der Waals surface area contributed by atoms with Gasteiger partial charge in [0.1, 0.15) is 0 Å². The largest absolute Gasteiger partial charge is 0.384 e. The highest BCUT2D eigenvalue weighted by Gasteiger charge is 2.15. The van der Waals surface area contributed by atoms with Crippen molar-refractivity contribution in [1.29, 1.82) is 0 Å². The molecular weight excluding hydrogens is 220 g/mol. The van der Waals surface area contributed by atoms with Crippen molar-refractivity contribution < 1.29 is 14.3 Å². The summed E-state index contributed by atoms with van der Waals surface area (Å²) in [6, 6.07) is 0. The lowest BCUT2D eigenvalue weighted by molar-refractivity contribution is -0.133. The van der Waals surface area contributed by atoms with Gasteiger partial charge in [-0.15, -0.1) is 0 Å². The van der Waals surface area contributed by atoms with Gasteiger partial charge in [0.25, 0.3) is 0 Å². The van der Waals surface area contributed by atoms with Crippen molar-refractivity contribution in [3.63, 3.8) is 0 Å². The summed E-state index contributed by atoms with van der Waals surface area (Å²) in [5.74, 6) is 0.399. The van der Waals surface area contributed by atoms with Gasteiger partial charge in [0.2, 0.25) is 5.91 Å². The number of amides is 1. The molecule has 102 valence electrons. The van der Waals surface area contributed by atoms with Gasteiger partial charge in [-0.2, -0.15) is 0 Å². The van der Waals surface area contributed by atoms with Crippen LogP contribution in [0.25, 0.3) is 0 Å². The topological polar surface area (TPSA) is 64.8 Å². The van der Waals surface area contributed by atoms with E-state index in [2.05, 4.69) is 0 Å². The lowest BCUT2D eigenvalue weighted by Crippen LogP contribution is -2.36. The Morgan fingerprint density at radius 1 is 1.29 bits per heavy atom. The number of ether oxygens (including phenoxy) is 2. The first kappa shape index (κ1) is 16.4. The molecule has 1 unspecified atom stereocenters. The average Bonchev–Trinajstić information content (AvgIpc) is 2.29. The van der Waals surface area contributed by atoms with Gasteiger partial charge >= 0.3 is 0 Å². The van der Waals surface area contributed by atoms with Crippen LogP contribution in [-0.2, 0) is 14.3 Å². The fourth-order valence-corrected chi connectivity index (χ4v) is 1.62. The second kappa shape index (κ2) is 10.5. The van der Waals surface area contributed by atoms with E-state index in [4.69, 9.17) is 15.2 Å². The van der Waals surface area contributed by atoms with Crippen molar-refractivity contribution in [3.05, 3.63) is 0 Å². The quantitative estimate of drug-likeness (QED) is 0.609. The summed E-state index contributed by atoms with van der Waals surface area (Å²) in [5.41, 5.74) is 5.47. The zero-order valence-electron chi connectivity index (χ0n) is 11.3. The lowest BCUT2D eigenvalue weighted by Gasteiger charge is -2.23. The minimum atomic E-state index is 0.153. The minimum Gasteiger partial charge on any atom is -0.384 e. The molecule has 0 heterocycles. The number of rotatable bonds is 10. The Kier molecular flexibility index (Phi) is 10.1. The summed E-state index contributed by atoms with van der Waals surface area (Å²) < 4.78 is 10.0. The highest BCUT2D eigenvalue weighted by Crippen LogP contribution is 2.06. The summed E-state index contributed by atoms with van der Waals surface area (Å²) >= 11 is 0. The second-order valence-electron chi connectivity index (χ2n) is 4.28. The lowest BCUT2D eigenvalue weighted by atomic mass is 10.1. The fraction of sp³-hybridized carbons (Fsp3) is 0.917. The molecule has 0 saturated heterocycles. The molecule has 0 spiro atoms. The summed E-state index contributed by atoms with van der Waals surface area (Å²) in [7, 11) is 3.29. The molecule has 0 radical (unpaired) electrons. The SMILES string of the molecule is COCCN(CCCN)C(=O)CC(C)COC. The standard InChI is InChI=1S/C12H26N2O3/c1-11(10-17-3)9-12(15)14(6-4-5-13)7-8-16-2/h11H,4-10,13H2,1-3H3. The van der Waals surface area contributed by atoms with Crippen molar-refractivity contribution in [3.8, 4) is 0 Å². The van der Waals surface area contributed by atoms with Gasteiger partial charge in [-0.1, -0.05) is 6.92 Å². The van der Waals surface area contributed by atoms with Crippen LogP contribution < -0.4 is 5.73 Å². The summed E-state index contributed by atoms with van der Waals surface area (Å²) in [6.07, 6.45) is 1.34. The predicted molar refractivity (Wildman–Crippen MR) is 67.8 cm³/mol. The van der Waals surface area contributed by atoms with E-state index in [0.717, 1.165) is 6.42 Å². The monoisotopic (exact) mass is 246 g/mol. The maximum absolute atomic E-state index is 12.0. The molecule has 0 aromatic carbocycles. The number of methoxy groups -OCH3 is 2. The molecule has 0 aliphatic rings. The molecule has 0 saturated carbocycles. The molecule has 5 heteroatoms. The van der Waals surface area contributed by atoms with E-state index in [1.54, 1.807) is 14.2 Å². The predicted octanol–water partition coefficient (Wildman–Crippen LogP) is 0.483. The van der Waals surface area contributed by atoms with Crippen LogP contribution in [0.2, 0.25) is 0 Å². The second-order valence-corrected chi connectivity index (χ2v) is 4.28. The van der Waals surface area contributed by atoms with Gasteiger partial charge < -0.3 is 20.1 Å². The van der Waals surface area contributed by atoms with Crippen LogP contribution >= 0.6 is 0 Å². The van der Waals surface area contributed by atoms with E-state index in [1.165, 1.54) is 0 Å². The normalized spacial score (nSPS) is 12.5. The molecule has 0 fully saturated rings. The zero-order valence-corrected chi connectivity index (χ0v) is 11.3. The van der Waals surface area contributed by atoms with E-state index < -0.39 is 0 Å². The van der Waals surface area contributed by atoms with E-state index in [1.807, 2.05) is 11.8 Å². The summed E-state index contributed by atoms with van der Waals surface area (Å²) in [6.45, 7) is 5.13. The van der Waals surface area contributed by atoms with Crippen LogP contribution in [-0.4, -0.2) is 57.9 Å². The highest BCUT2D eigenvalue weighted by molar-refractivity contribution is 5.76. The van der Waals surface area contributed by atoms with Gasteiger partial charge in [-0.25, -0.2) is 0 Å². The molecule has 17 heavy (non-hydrogen) atoms. The molecule has 1 amide bonds. The van der Waals surface area contributed by atoms with Gasteiger partial charge in [-0.3, -0.25) is 4.79 Å². The summed E-state index contributed by atoms with van der Waals surface area (Å²) in [4.78, 5) is 13.8. The Morgan fingerprint density at radius 2 is 2.00 bits per heavy atom. The third-order valence-electron chi connectivity index (χ3n) is 2.52. The molecule has 5 nitrogen and oxygen atoms in total. The van der Waals surface area contributed by atoms with Crippen molar-refractivity contribution in [2.24, 2.45) is 11.7 Å². The van der Waals surface area contributed by atoms with Crippen LogP contribution in [0.4, 0.5) is 0 Å². The number of nitrogens with zero attached hydrogens (tertiary/aromatic N) is 1. The number of carbonyl (C=O) groups is 1. The van der Waals surface area contributed by atoms with E-state index in [0.29, 0.717) is 39.3 Å². The minimum absolute atomic E-state index is 0.153. The van der Waals surface area contributed by atoms with Crippen LogP contribution in [0.1, 0.15) is 19.8 Å². The molecule has 2 N–H and O–H groups in total. The number of nitrogens with two attached hydrogens (primary N) is 1. The molecule has 0 aromatic heterocycles. The Bertz CT molecular complexity index is 192. The van der Waals surface area contributed by atoms with Gasteiger partial charge in [0.15, 0.2) is 0 Å². The first-order valence-electron chi connectivity index (χ1n) is 6.11. The van der Waals surface area contributed by atoms with Crippen LogP contribution in [0, 0.1) is 5.92 Å². The fourth-order valence-electron chi connectivity index (χ4n) is 1.62.